The van der Waals surface area contributed by atoms with Gasteiger partial charge in [-0.1, -0.05) is 48.5 Å². The molecule has 32 heavy (non-hydrogen) atoms. The van der Waals surface area contributed by atoms with Gasteiger partial charge in [-0.2, -0.15) is 0 Å². The predicted octanol–water partition coefficient (Wildman–Crippen LogP) is 2.77. The van der Waals surface area contributed by atoms with E-state index in [9.17, 15) is 14.4 Å². The lowest BCUT2D eigenvalue weighted by Crippen LogP contribution is -2.47. The maximum absolute atomic E-state index is 12.3. The van der Waals surface area contributed by atoms with E-state index in [1.165, 1.54) is 21.0 Å². The minimum Gasteiger partial charge on any atom is -0.481 e. The molecule has 0 spiro atoms. The molecule has 0 saturated heterocycles. The van der Waals surface area contributed by atoms with Crippen molar-refractivity contribution in [2.45, 2.75) is 25.9 Å². The highest BCUT2D eigenvalue weighted by Crippen LogP contribution is 2.44. The van der Waals surface area contributed by atoms with Gasteiger partial charge in [0.1, 0.15) is 6.61 Å². The van der Waals surface area contributed by atoms with E-state index in [0.717, 1.165) is 22.3 Å². The van der Waals surface area contributed by atoms with Crippen LogP contribution < -0.4 is 10.6 Å². The minimum atomic E-state index is -1.12. The van der Waals surface area contributed by atoms with Gasteiger partial charge in [0.2, 0.25) is 0 Å². The van der Waals surface area contributed by atoms with Crippen LogP contribution in [0.1, 0.15) is 30.9 Å². The highest BCUT2D eigenvalue weighted by molar-refractivity contribution is 5.83. The lowest BCUT2D eigenvalue weighted by molar-refractivity contribution is -0.147. The average Bonchev–Trinajstić information content (AvgIpc) is 3.10. The van der Waals surface area contributed by atoms with Crippen LogP contribution in [0.4, 0.5) is 4.79 Å². The first kappa shape index (κ1) is 23.3. The number of aliphatic carboxylic acids is 1. The molecule has 2 aromatic carbocycles. The quantitative estimate of drug-likeness (QED) is 0.553. The van der Waals surface area contributed by atoms with Crippen molar-refractivity contribution in [3.63, 3.8) is 0 Å². The molecule has 1 unspecified atom stereocenters. The van der Waals surface area contributed by atoms with Crippen LogP contribution in [0.2, 0.25) is 0 Å². The fraction of sp³-hybridized carbons (Fsp3) is 0.375. The third-order valence-electron chi connectivity index (χ3n) is 5.64. The lowest BCUT2D eigenvalue weighted by atomic mass is 9.94. The number of hydrogen-bond acceptors (Lipinski definition) is 5. The molecular formula is C24H28N2O6. The van der Waals surface area contributed by atoms with Gasteiger partial charge in [-0.25, -0.2) is 4.79 Å². The molecule has 8 nitrogen and oxygen atoms in total. The number of fused-ring (bicyclic) bond motifs is 3. The van der Waals surface area contributed by atoms with E-state index in [2.05, 4.69) is 22.8 Å². The van der Waals surface area contributed by atoms with Gasteiger partial charge < -0.3 is 25.2 Å². The first-order valence-electron chi connectivity index (χ1n) is 10.4. The molecule has 0 fully saturated rings. The van der Waals surface area contributed by atoms with Gasteiger partial charge in [0.25, 0.3) is 5.91 Å². The summed E-state index contributed by atoms with van der Waals surface area (Å²) in [5.74, 6) is -1.60. The van der Waals surface area contributed by atoms with Gasteiger partial charge in [-0.3, -0.25) is 9.59 Å². The van der Waals surface area contributed by atoms with Crippen molar-refractivity contribution in [3.05, 3.63) is 59.7 Å². The Morgan fingerprint density at radius 2 is 1.56 bits per heavy atom. The topological polar surface area (TPSA) is 114 Å². The third-order valence-corrected chi connectivity index (χ3v) is 5.64. The normalized spacial score (nSPS) is 13.6. The average molecular weight is 440 g/mol. The highest BCUT2D eigenvalue weighted by atomic mass is 16.5. The summed E-state index contributed by atoms with van der Waals surface area (Å²) in [5.41, 5.74) is 3.37. The van der Waals surface area contributed by atoms with Gasteiger partial charge in [0.15, 0.2) is 6.10 Å². The van der Waals surface area contributed by atoms with Crippen LogP contribution >= 0.6 is 0 Å². The highest BCUT2D eigenvalue weighted by Gasteiger charge is 2.30. The Kier molecular flexibility index (Phi) is 7.15. The molecule has 3 rings (SSSR count). The van der Waals surface area contributed by atoms with Crippen molar-refractivity contribution in [1.82, 2.24) is 10.6 Å². The number of ether oxygens (including phenoxy) is 2. The summed E-state index contributed by atoms with van der Waals surface area (Å²) < 4.78 is 10.6. The second kappa shape index (κ2) is 9.82. The van der Waals surface area contributed by atoms with Crippen molar-refractivity contribution in [2.24, 2.45) is 5.41 Å². The van der Waals surface area contributed by atoms with Gasteiger partial charge >= 0.3 is 12.1 Å². The van der Waals surface area contributed by atoms with Gasteiger partial charge in [-0.15, -0.1) is 0 Å². The Labute approximate surface area is 186 Å². The zero-order valence-electron chi connectivity index (χ0n) is 18.4. The fourth-order valence-electron chi connectivity index (χ4n) is 3.61. The Hall–Kier alpha value is -3.39. The van der Waals surface area contributed by atoms with Crippen molar-refractivity contribution >= 4 is 18.0 Å². The summed E-state index contributed by atoms with van der Waals surface area (Å²) in [7, 11) is 1.34. The Balaban J connectivity index is 1.53. The van der Waals surface area contributed by atoms with E-state index < -0.39 is 29.5 Å². The number of carboxylic acid groups (broad SMARTS) is 1. The van der Waals surface area contributed by atoms with Crippen LogP contribution in [0, 0.1) is 5.41 Å². The lowest BCUT2D eigenvalue weighted by Gasteiger charge is -2.22. The molecule has 170 valence electrons. The number of hydrogen-bond donors (Lipinski definition) is 3. The van der Waals surface area contributed by atoms with Crippen molar-refractivity contribution < 1.29 is 29.0 Å². The summed E-state index contributed by atoms with van der Waals surface area (Å²) >= 11 is 0. The number of benzene rings is 2. The zero-order chi connectivity index (χ0) is 23.3. The summed E-state index contributed by atoms with van der Waals surface area (Å²) in [5, 5.41) is 14.2. The van der Waals surface area contributed by atoms with E-state index in [1.807, 2.05) is 36.4 Å². The standard InChI is InChI=1S/C24H28N2O6/c1-24(2,22(28)29)14-26-21(27)20(31-3)12-25-23(30)32-13-19-17-10-6-4-8-15(17)16-9-5-7-11-18(16)19/h4-11,19-20H,12-14H2,1-3H3,(H,25,30)(H,26,27)(H,28,29). The van der Waals surface area contributed by atoms with Gasteiger partial charge in [0, 0.05) is 19.6 Å². The van der Waals surface area contributed by atoms with Crippen LogP contribution in [0.3, 0.4) is 0 Å². The molecule has 0 heterocycles. The smallest absolute Gasteiger partial charge is 0.407 e. The third kappa shape index (κ3) is 5.08. The number of amides is 2. The monoisotopic (exact) mass is 440 g/mol. The molecule has 1 atom stereocenters. The van der Waals surface area contributed by atoms with Gasteiger partial charge in [-0.05, 0) is 36.1 Å². The molecule has 0 aliphatic heterocycles. The van der Waals surface area contributed by atoms with Crippen molar-refractivity contribution in [2.75, 3.05) is 26.8 Å². The second-order valence-electron chi connectivity index (χ2n) is 8.34. The molecule has 0 radical (unpaired) electrons. The number of methoxy groups -OCH3 is 1. The summed E-state index contributed by atoms with van der Waals surface area (Å²) in [6, 6.07) is 16.1. The van der Waals surface area contributed by atoms with E-state index in [-0.39, 0.29) is 25.6 Å². The van der Waals surface area contributed by atoms with E-state index in [4.69, 9.17) is 14.6 Å². The van der Waals surface area contributed by atoms with Crippen LogP contribution in [-0.2, 0) is 19.1 Å². The fourth-order valence-corrected chi connectivity index (χ4v) is 3.61. The van der Waals surface area contributed by atoms with Gasteiger partial charge in [0.05, 0.1) is 12.0 Å². The minimum absolute atomic E-state index is 0.0621. The molecule has 2 aromatic rings. The maximum Gasteiger partial charge on any atom is 0.407 e. The number of rotatable bonds is 9. The van der Waals surface area contributed by atoms with Crippen molar-refractivity contribution in [3.8, 4) is 11.1 Å². The molecule has 0 bridgehead atoms. The SMILES string of the molecule is COC(CNC(=O)OCC1c2ccccc2-c2ccccc21)C(=O)NCC(C)(C)C(=O)O. The number of carbonyl (C=O) groups is 3. The number of alkyl carbamates (subject to hydrolysis) is 1. The van der Waals surface area contributed by atoms with Crippen LogP contribution in [0.15, 0.2) is 48.5 Å². The summed E-state index contributed by atoms with van der Waals surface area (Å²) in [6.45, 7) is 3.01. The van der Waals surface area contributed by atoms with E-state index in [0.29, 0.717) is 0 Å². The van der Waals surface area contributed by atoms with Crippen LogP contribution in [-0.4, -0.2) is 56.0 Å². The number of carboxylic acids is 1. The molecular weight excluding hydrogens is 412 g/mol. The molecule has 1 aliphatic carbocycles. The summed E-state index contributed by atoms with van der Waals surface area (Å²) in [6.07, 6.45) is -1.63. The molecule has 1 aliphatic rings. The van der Waals surface area contributed by atoms with Crippen LogP contribution in [0.25, 0.3) is 11.1 Å². The second-order valence-corrected chi connectivity index (χ2v) is 8.34. The van der Waals surface area contributed by atoms with E-state index in [1.54, 1.807) is 0 Å². The largest absolute Gasteiger partial charge is 0.481 e. The predicted molar refractivity (Wildman–Crippen MR) is 118 cm³/mol. The zero-order valence-corrected chi connectivity index (χ0v) is 18.4. The Bertz CT molecular complexity index is 958. The van der Waals surface area contributed by atoms with Crippen molar-refractivity contribution in [1.29, 1.82) is 0 Å². The summed E-state index contributed by atoms with van der Waals surface area (Å²) in [4.78, 5) is 35.7. The molecule has 0 aromatic heterocycles. The molecule has 8 heteroatoms. The maximum atomic E-state index is 12.3. The Morgan fingerprint density at radius 3 is 2.09 bits per heavy atom. The molecule has 3 N–H and O–H groups in total. The first-order chi connectivity index (χ1) is 15.2. The molecule has 0 saturated carbocycles. The molecule has 2 amide bonds. The number of nitrogens with one attached hydrogen (secondary N) is 2. The Morgan fingerprint density at radius 1 is 1.00 bits per heavy atom. The first-order valence-corrected chi connectivity index (χ1v) is 10.4. The van der Waals surface area contributed by atoms with E-state index >= 15 is 0 Å². The van der Waals surface area contributed by atoms with Crippen LogP contribution in [0.5, 0.6) is 0 Å². The number of carbonyl (C=O) groups excluding carboxylic acids is 2.